The molecule has 0 radical (unpaired) electrons. The van der Waals surface area contributed by atoms with Gasteiger partial charge in [0.1, 0.15) is 0 Å². The lowest BCUT2D eigenvalue weighted by atomic mass is 9.44. The normalized spacial score (nSPS) is 49.3. The van der Waals surface area contributed by atoms with E-state index >= 15 is 0 Å². The number of hydrogen-bond acceptors (Lipinski definition) is 1. The average molecular weight is 359 g/mol. The third-order valence-corrected chi connectivity index (χ3v) is 9.83. The van der Waals surface area contributed by atoms with Crippen molar-refractivity contribution in [2.75, 3.05) is 0 Å². The van der Waals surface area contributed by atoms with Gasteiger partial charge in [0.25, 0.3) is 0 Å². The molecule has 8 atom stereocenters. The molecule has 4 saturated carbocycles. The smallest absolute Gasteiger partial charge is 0.327 e. The zero-order chi connectivity index (χ0) is 18.5. The van der Waals surface area contributed by atoms with Gasteiger partial charge in [0, 0.05) is 6.08 Å². The number of hydrogen-bond donors (Lipinski definition) is 1. The van der Waals surface area contributed by atoms with Crippen molar-refractivity contribution in [2.45, 2.75) is 85.0 Å². The van der Waals surface area contributed by atoms with Gasteiger partial charge in [-0.15, -0.1) is 0 Å². The van der Waals surface area contributed by atoms with Crippen LogP contribution in [0.25, 0.3) is 0 Å². The van der Waals surface area contributed by atoms with Gasteiger partial charge >= 0.3 is 5.97 Å². The van der Waals surface area contributed by atoms with Gasteiger partial charge in [0.15, 0.2) is 0 Å². The molecule has 146 valence electrons. The van der Waals surface area contributed by atoms with Gasteiger partial charge in [-0.25, -0.2) is 4.79 Å². The SMILES string of the molecule is C[C@H](/C=C/C(=O)O)C1CCC2C3CCC4CCCCC4(C)C3CCC21C. The highest BCUT2D eigenvalue weighted by atomic mass is 16.4. The third-order valence-electron chi connectivity index (χ3n) is 9.83. The molecule has 0 bridgehead atoms. The third kappa shape index (κ3) is 2.78. The summed E-state index contributed by atoms with van der Waals surface area (Å²) < 4.78 is 0. The van der Waals surface area contributed by atoms with Gasteiger partial charge in [0.2, 0.25) is 0 Å². The van der Waals surface area contributed by atoms with E-state index in [0.717, 1.165) is 23.7 Å². The number of carboxylic acid groups (broad SMARTS) is 1. The van der Waals surface area contributed by atoms with Crippen LogP contribution < -0.4 is 0 Å². The Morgan fingerprint density at radius 3 is 2.50 bits per heavy atom. The number of rotatable bonds is 3. The summed E-state index contributed by atoms with van der Waals surface area (Å²) in [6.45, 7) is 7.47. The molecular formula is C24H38O2. The molecular weight excluding hydrogens is 320 g/mol. The first-order valence-corrected chi connectivity index (χ1v) is 11.3. The maximum Gasteiger partial charge on any atom is 0.327 e. The lowest BCUT2D eigenvalue weighted by Gasteiger charge is -2.60. The second kappa shape index (κ2) is 6.67. The van der Waals surface area contributed by atoms with Gasteiger partial charge in [-0.1, -0.05) is 39.7 Å². The first kappa shape index (κ1) is 18.6. The van der Waals surface area contributed by atoms with Crippen molar-refractivity contribution >= 4 is 5.97 Å². The Balaban J connectivity index is 1.55. The van der Waals surface area contributed by atoms with Crippen molar-refractivity contribution in [1.82, 2.24) is 0 Å². The predicted molar refractivity (Wildman–Crippen MR) is 106 cm³/mol. The molecule has 4 rings (SSSR count). The summed E-state index contributed by atoms with van der Waals surface area (Å²) in [5.74, 6) is 4.03. The van der Waals surface area contributed by atoms with Crippen LogP contribution in [0.4, 0.5) is 0 Å². The van der Waals surface area contributed by atoms with Crippen molar-refractivity contribution < 1.29 is 9.90 Å². The van der Waals surface area contributed by atoms with E-state index in [4.69, 9.17) is 5.11 Å². The molecule has 0 aliphatic heterocycles. The molecule has 0 spiro atoms. The predicted octanol–water partition coefficient (Wildman–Crippen LogP) is 6.31. The summed E-state index contributed by atoms with van der Waals surface area (Å²) in [5, 5.41) is 9.01. The molecule has 0 aromatic heterocycles. The Hall–Kier alpha value is -0.790. The topological polar surface area (TPSA) is 37.3 Å². The molecule has 1 N–H and O–H groups in total. The quantitative estimate of drug-likeness (QED) is 0.600. The van der Waals surface area contributed by atoms with Crippen LogP contribution in [-0.4, -0.2) is 11.1 Å². The molecule has 0 aromatic rings. The van der Waals surface area contributed by atoms with Crippen LogP contribution in [0, 0.1) is 46.3 Å². The number of aliphatic carboxylic acids is 1. The van der Waals surface area contributed by atoms with Crippen LogP contribution in [0.3, 0.4) is 0 Å². The summed E-state index contributed by atoms with van der Waals surface area (Å²) in [6, 6.07) is 0. The Kier molecular flexibility index (Phi) is 4.77. The largest absolute Gasteiger partial charge is 0.478 e. The van der Waals surface area contributed by atoms with E-state index in [1.807, 2.05) is 6.08 Å². The van der Waals surface area contributed by atoms with Crippen molar-refractivity contribution in [1.29, 1.82) is 0 Å². The molecule has 0 saturated heterocycles. The van der Waals surface area contributed by atoms with Gasteiger partial charge in [-0.2, -0.15) is 0 Å². The zero-order valence-corrected chi connectivity index (χ0v) is 17.0. The van der Waals surface area contributed by atoms with E-state index in [2.05, 4.69) is 20.8 Å². The summed E-state index contributed by atoms with van der Waals surface area (Å²) in [7, 11) is 0. The van der Waals surface area contributed by atoms with E-state index in [9.17, 15) is 4.79 Å². The van der Waals surface area contributed by atoms with Crippen LogP contribution in [0.1, 0.15) is 85.0 Å². The van der Waals surface area contributed by atoms with Crippen molar-refractivity contribution in [3.8, 4) is 0 Å². The first-order valence-electron chi connectivity index (χ1n) is 11.3. The van der Waals surface area contributed by atoms with Crippen molar-refractivity contribution in [3.63, 3.8) is 0 Å². The van der Waals surface area contributed by atoms with Crippen LogP contribution in [-0.2, 0) is 4.79 Å². The van der Waals surface area contributed by atoms with Gasteiger partial charge in [-0.05, 0) is 97.7 Å². The van der Waals surface area contributed by atoms with Crippen LogP contribution in [0.5, 0.6) is 0 Å². The second-order valence-corrected chi connectivity index (χ2v) is 10.7. The molecule has 4 fully saturated rings. The maximum absolute atomic E-state index is 11.0. The average Bonchev–Trinajstić information content (AvgIpc) is 2.96. The fourth-order valence-corrected chi connectivity index (χ4v) is 8.57. The molecule has 0 amide bonds. The van der Waals surface area contributed by atoms with Crippen LogP contribution >= 0.6 is 0 Å². The van der Waals surface area contributed by atoms with Crippen molar-refractivity contribution in [2.24, 2.45) is 46.3 Å². The molecule has 4 aliphatic rings. The van der Waals surface area contributed by atoms with E-state index in [1.54, 1.807) is 0 Å². The van der Waals surface area contributed by atoms with Crippen LogP contribution in [0.15, 0.2) is 12.2 Å². The fraction of sp³-hybridized carbons (Fsp3) is 0.875. The van der Waals surface area contributed by atoms with E-state index in [-0.39, 0.29) is 0 Å². The lowest BCUT2D eigenvalue weighted by Crippen LogP contribution is -2.53. The summed E-state index contributed by atoms with van der Waals surface area (Å²) in [6.07, 6.45) is 17.7. The molecule has 26 heavy (non-hydrogen) atoms. The number of carboxylic acids is 1. The highest BCUT2D eigenvalue weighted by molar-refractivity contribution is 5.79. The van der Waals surface area contributed by atoms with Gasteiger partial charge < -0.3 is 5.11 Å². The van der Waals surface area contributed by atoms with Gasteiger partial charge in [0.05, 0.1) is 0 Å². The van der Waals surface area contributed by atoms with E-state index < -0.39 is 5.97 Å². The minimum absolute atomic E-state index is 0.388. The van der Waals surface area contributed by atoms with E-state index in [0.29, 0.717) is 22.7 Å². The molecule has 2 nitrogen and oxygen atoms in total. The summed E-state index contributed by atoms with van der Waals surface area (Å²) in [4.78, 5) is 11.0. The molecule has 0 aromatic carbocycles. The zero-order valence-electron chi connectivity index (χ0n) is 17.0. The minimum Gasteiger partial charge on any atom is -0.478 e. The van der Waals surface area contributed by atoms with Crippen LogP contribution in [0.2, 0.25) is 0 Å². The number of allylic oxidation sites excluding steroid dienone is 1. The molecule has 2 heteroatoms. The Labute approximate surface area is 159 Å². The summed E-state index contributed by atoms with van der Waals surface area (Å²) >= 11 is 0. The van der Waals surface area contributed by atoms with E-state index in [1.165, 1.54) is 70.3 Å². The first-order chi connectivity index (χ1) is 12.4. The molecule has 0 heterocycles. The molecule has 4 aliphatic carbocycles. The highest BCUT2D eigenvalue weighted by Crippen LogP contribution is 2.68. The second-order valence-electron chi connectivity index (χ2n) is 10.7. The Morgan fingerprint density at radius 2 is 1.73 bits per heavy atom. The van der Waals surface area contributed by atoms with Gasteiger partial charge in [-0.3, -0.25) is 0 Å². The Bertz CT molecular complexity index is 581. The summed E-state index contributed by atoms with van der Waals surface area (Å²) in [5.41, 5.74) is 1.05. The molecule has 7 unspecified atom stereocenters. The lowest BCUT2D eigenvalue weighted by molar-refractivity contribution is -0.131. The Morgan fingerprint density at radius 1 is 0.962 bits per heavy atom. The number of fused-ring (bicyclic) bond motifs is 5. The monoisotopic (exact) mass is 358 g/mol. The standard InChI is InChI=1S/C24H38O2/c1-16(7-12-22(25)26)19-10-11-20-18-9-8-17-6-4-5-14-23(17,2)21(18)13-15-24(19,20)3/h7,12,16-21H,4-6,8-11,13-15H2,1-3H3,(H,25,26)/b12-7+/t16-,17?,18?,19?,20?,21?,23?,24?/m1/s1. The fourth-order valence-electron chi connectivity index (χ4n) is 8.57. The minimum atomic E-state index is -0.802. The maximum atomic E-state index is 11.0. The number of carbonyl (C=O) groups is 1. The highest BCUT2D eigenvalue weighted by Gasteiger charge is 2.59. The van der Waals surface area contributed by atoms with Crippen molar-refractivity contribution in [3.05, 3.63) is 12.2 Å².